The van der Waals surface area contributed by atoms with Crippen LogP contribution in [0.2, 0.25) is 5.02 Å². The van der Waals surface area contributed by atoms with Gasteiger partial charge in [0.25, 0.3) is 5.69 Å². The average molecular weight is 325 g/mol. The molecule has 22 heavy (non-hydrogen) atoms. The largest absolute Gasteiger partial charge is 0.342 e. The molecular formula is C16H21ClN2O3. The van der Waals surface area contributed by atoms with Gasteiger partial charge in [0.15, 0.2) is 0 Å². The molecule has 0 heterocycles. The Balaban J connectivity index is 2.65. The number of rotatable bonds is 8. The molecule has 0 unspecified atom stereocenters. The molecule has 0 aromatic heterocycles. The summed E-state index contributed by atoms with van der Waals surface area (Å²) in [6, 6.07) is 4.15. The fourth-order valence-electron chi connectivity index (χ4n) is 1.95. The number of nitro groups is 1. The topological polar surface area (TPSA) is 63.5 Å². The van der Waals surface area contributed by atoms with Crippen LogP contribution in [0.3, 0.4) is 0 Å². The monoisotopic (exact) mass is 324 g/mol. The first-order chi connectivity index (χ1) is 10.5. The predicted molar refractivity (Wildman–Crippen MR) is 88.9 cm³/mol. The molecule has 0 radical (unpaired) electrons. The van der Waals surface area contributed by atoms with Crippen LogP contribution >= 0.6 is 11.6 Å². The zero-order valence-corrected chi connectivity index (χ0v) is 13.7. The molecular weight excluding hydrogens is 304 g/mol. The lowest BCUT2D eigenvalue weighted by Crippen LogP contribution is -2.25. The Morgan fingerprint density at radius 3 is 2.73 bits per heavy atom. The SMILES string of the molecule is CCCCCCN(C)C(=O)/C=C/c1cc([N+](=O)[O-])ccc1Cl. The van der Waals surface area contributed by atoms with Gasteiger partial charge in [0.2, 0.25) is 5.91 Å². The van der Waals surface area contributed by atoms with Gasteiger partial charge in [0.05, 0.1) is 4.92 Å². The number of carbonyl (C=O) groups excluding carboxylic acids is 1. The molecule has 5 nitrogen and oxygen atoms in total. The maximum absolute atomic E-state index is 12.0. The van der Waals surface area contributed by atoms with Gasteiger partial charge in [-0.25, -0.2) is 0 Å². The molecule has 1 amide bonds. The van der Waals surface area contributed by atoms with Gasteiger partial charge in [-0.1, -0.05) is 37.8 Å². The second-order valence-electron chi connectivity index (χ2n) is 5.12. The number of nitro benzene ring substituents is 1. The number of amides is 1. The summed E-state index contributed by atoms with van der Waals surface area (Å²) in [5.41, 5.74) is 0.410. The number of unbranched alkanes of at least 4 members (excludes halogenated alkanes) is 3. The van der Waals surface area contributed by atoms with Crippen LogP contribution in [0, 0.1) is 10.1 Å². The van der Waals surface area contributed by atoms with Crippen molar-refractivity contribution < 1.29 is 9.72 Å². The standard InChI is InChI=1S/C16H21ClN2O3/c1-3-4-5-6-11-18(2)16(20)10-7-13-12-14(19(21)22)8-9-15(13)17/h7-10,12H,3-6,11H2,1-2H3/b10-7+. The zero-order chi connectivity index (χ0) is 16.5. The number of hydrogen-bond acceptors (Lipinski definition) is 3. The molecule has 0 N–H and O–H groups in total. The molecule has 0 saturated heterocycles. The summed E-state index contributed by atoms with van der Waals surface area (Å²) in [4.78, 5) is 23.9. The minimum absolute atomic E-state index is 0.0515. The van der Waals surface area contributed by atoms with E-state index < -0.39 is 4.92 Å². The highest BCUT2D eigenvalue weighted by Gasteiger charge is 2.09. The van der Waals surface area contributed by atoms with E-state index in [1.54, 1.807) is 11.9 Å². The lowest BCUT2D eigenvalue weighted by Gasteiger charge is -2.14. The highest BCUT2D eigenvalue weighted by molar-refractivity contribution is 6.32. The molecule has 0 fully saturated rings. The Kier molecular flexibility index (Phi) is 7.60. The van der Waals surface area contributed by atoms with Crippen LogP contribution in [0.25, 0.3) is 6.08 Å². The van der Waals surface area contributed by atoms with E-state index in [-0.39, 0.29) is 11.6 Å². The van der Waals surface area contributed by atoms with Crippen LogP contribution in [0.5, 0.6) is 0 Å². The summed E-state index contributed by atoms with van der Waals surface area (Å²) in [6.07, 6.45) is 7.31. The molecule has 0 spiro atoms. The Bertz CT molecular complexity index is 558. The van der Waals surface area contributed by atoms with Gasteiger partial charge in [-0.2, -0.15) is 0 Å². The maximum Gasteiger partial charge on any atom is 0.270 e. The summed E-state index contributed by atoms with van der Waals surface area (Å²) in [5, 5.41) is 11.1. The summed E-state index contributed by atoms with van der Waals surface area (Å²) in [5.74, 6) is -0.140. The fraction of sp³-hybridized carbons (Fsp3) is 0.438. The van der Waals surface area contributed by atoms with Crippen LogP contribution in [-0.4, -0.2) is 29.3 Å². The molecule has 0 bridgehead atoms. The lowest BCUT2D eigenvalue weighted by atomic mass is 10.2. The summed E-state index contributed by atoms with van der Waals surface area (Å²) >= 11 is 5.98. The minimum atomic E-state index is -0.491. The summed E-state index contributed by atoms with van der Waals surface area (Å²) in [7, 11) is 1.74. The normalized spacial score (nSPS) is 10.9. The van der Waals surface area contributed by atoms with Crippen molar-refractivity contribution in [3.05, 3.63) is 45.0 Å². The van der Waals surface area contributed by atoms with Crippen molar-refractivity contribution in [2.45, 2.75) is 32.6 Å². The van der Waals surface area contributed by atoms with Crippen LogP contribution in [0.1, 0.15) is 38.2 Å². The maximum atomic E-state index is 12.0. The smallest absolute Gasteiger partial charge is 0.270 e. The van der Waals surface area contributed by atoms with Crippen molar-refractivity contribution in [2.75, 3.05) is 13.6 Å². The van der Waals surface area contributed by atoms with Gasteiger partial charge in [0.1, 0.15) is 0 Å². The van der Waals surface area contributed by atoms with E-state index in [9.17, 15) is 14.9 Å². The molecule has 6 heteroatoms. The first kappa shape index (κ1) is 18.2. The first-order valence-electron chi connectivity index (χ1n) is 7.32. The third kappa shape index (κ3) is 5.85. The minimum Gasteiger partial charge on any atom is -0.342 e. The van der Waals surface area contributed by atoms with Crippen LogP contribution in [0.15, 0.2) is 24.3 Å². The predicted octanol–water partition coefficient (Wildman–Crippen LogP) is 4.30. The van der Waals surface area contributed by atoms with Gasteiger partial charge in [-0.15, -0.1) is 0 Å². The molecule has 0 aliphatic rings. The molecule has 0 aliphatic carbocycles. The summed E-state index contributed by atoms with van der Waals surface area (Å²) in [6.45, 7) is 2.84. The van der Waals surface area contributed by atoms with E-state index in [1.807, 2.05) is 0 Å². The van der Waals surface area contributed by atoms with Gasteiger partial charge in [-0.3, -0.25) is 14.9 Å². The van der Waals surface area contributed by atoms with Crippen molar-refractivity contribution in [1.82, 2.24) is 4.90 Å². The van der Waals surface area contributed by atoms with E-state index in [0.717, 1.165) is 19.3 Å². The molecule has 1 rings (SSSR count). The second-order valence-corrected chi connectivity index (χ2v) is 5.52. The number of nitrogens with zero attached hydrogens (tertiary/aromatic N) is 2. The Hall–Kier alpha value is -1.88. The first-order valence-corrected chi connectivity index (χ1v) is 7.70. The number of carbonyl (C=O) groups is 1. The van der Waals surface area contributed by atoms with E-state index in [4.69, 9.17) is 11.6 Å². The van der Waals surface area contributed by atoms with Crippen molar-refractivity contribution in [1.29, 1.82) is 0 Å². The molecule has 0 aliphatic heterocycles. The third-order valence-electron chi connectivity index (χ3n) is 3.32. The summed E-state index contributed by atoms with van der Waals surface area (Å²) < 4.78 is 0. The van der Waals surface area contributed by atoms with Crippen molar-refractivity contribution in [3.63, 3.8) is 0 Å². The highest BCUT2D eigenvalue weighted by Crippen LogP contribution is 2.23. The van der Waals surface area contributed by atoms with E-state index in [2.05, 4.69) is 6.92 Å². The van der Waals surface area contributed by atoms with Crippen LogP contribution < -0.4 is 0 Å². The molecule has 1 aromatic rings. The molecule has 1 aromatic carbocycles. The average Bonchev–Trinajstić information content (AvgIpc) is 2.49. The Morgan fingerprint density at radius 1 is 1.36 bits per heavy atom. The van der Waals surface area contributed by atoms with Gasteiger partial charge < -0.3 is 4.90 Å². The lowest BCUT2D eigenvalue weighted by molar-refractivity contribution is -0.384. The molecule has 0 atom stereocenters. The van der Waals surface area contributed by atoms with Gasteiger partial charge in [0, 0.05) is 42.4 Å². The fourth-order valence-corrected chi connectivity index (χ4v) is 2.13. The van der Waals surface area contributed by atoms with E-state index >= 15 is 0 Å². The Labute approximate surface area is 135 Å². The number of likely N-dealkylation sites (N-methyl/N-ethyl adjacent to an activating group) is 1. The molecule has 0 saturated carbocycles. The quantitative estimate of drug-likeness (QED) is 0.310. The highest BCUT2D eigenvalue weighted by atomic mass is 35.5. The van der Waals surface area contributed by atoms with E-state index in [1.165, 1.54) is 36.8 Å². The zero-order valence-electron chi connectivity index (χ0n) is 12.9. The van der Waals surface area contributed by atoms with E-state index in [0.29, 0.717) is 17.1 Å². The molecule has 120 valence electrons. The Morgan fingerprint density at radius 2 is 2.09 bits per heavy atom. The van der Waals surface area contributed by atoms with Gasteiger partial charge in [-0.05, 0) is 18.6 Å². The van der Waals surface area contributed by atoms with Crippen molar-refractivity contribution >= 4 is 29.3 Å². The second kappa shape index (κ2) is 9.20. The van der Waals surface area contributed by atoms with Crippen LogP contribution in [0.4, 0.5) is 5.69 Å². The van der Waals surface area contributed by atoms with Crippen molar-refractivity contribution in [3.8, 4) is 0 Å². The number of non-ortho nitro benzene ring substituents is 1. The third-order valence-corrected chi connectivity index (χ3v) is 3.66. The van der Waals surface area contributed by atoms with Crippen molar-refractivity contribution in [2.24, 2.45) is 0 Å². The number of hydrogen-bond donors (Lipinski definition) is 0. The number of halogens is 1. The van der Waals surface area contributed by atoms with Gasteiger partial charge >= 0.3 is 0 Å². The van der Waals surface area contributed by atoms with Crippen LogP contribution in [-0.2, 0) is 4.79 Å². The number of benzene rings is 1.